The van der Waals surface area contributed by atoms with Crippen molar-refractivity contribution in [2.75, 3.05) is 19.4 Å². The molecule has 9 N–H and O–H groups in total. The van der Waals surface area contributed by atoms with Crippen LogP contribution in [0.3, 0.4) is 0 Å². The fourth-order valence-corrected chi connectivity index (χ4v) is 3.25. The fraction of sp³-hybridized carbons (Fsp3) is 0.318. The van der Waals surface area contributed by atoms with Crippen LogP contribution in [0.25, 0.3) is 0 Å². The first kappa shape index (κ1) is 27.5. The van der Waals surface area contributed by atoms with Crippen molar-refractivity contribution in [3.05, 3.63) is 53.5 Å². The number of amidine groups is 1. The maximum Gasteiger partial charge on any atom is 0.407 e. The molecule has 36 heavy (non-hydrogen) atoms. The van der Waals surface area contributed by atoms with Gasteiger partial charge in [0.1, 0.15) is 17.2 Å². The molecule has 1 aromatic heterocycles. The molecule has 0 radical (unpaired) electrons. The number of carbonyl (C=O) groups excluding carboxylic acids is 3. The molecular formula is C22H28N8O6. The van der Waals surface area contributed by atoms with E-state index < -0.39 is 42.4 Å². The Bertz CT molecular complexity index is 1120. The summed E-state index contributed by atoms with van der Waals surface area (Å²) < 4.78 is 4.65. The minimum atomic E-state index is -1.79. The molecule has 2 aromatic rings. The second-order valence-electron chi connectivity index (χ2n) is 7.78. The predicted octanol–water partition coefficient (Wildman–Crippen LogP) is -0.722. The molecule has 3 amide bonds. The van der Waals surface area contributed by atoms with Crippen molar-refractivity contribution in [3.8, 4) is 0 Å². The number of nitrogens with two attached hydrogens (primary N) is 2. The van der Waals surface area contributed by atoms with Crippen molar-refractivity contribution in [1.29, 1.82) is 5.41 Å². The molecule has 0 bridgehead atoms. The summed E-state index contributed by atoms with van der Waals surface area (Å²) in [6, 6.07) is 6.38. The molecule has 1 aromatic carbocycles. The topological polar surface area (TPSA) is 236 Å². The Morgan fingerprint density at radius 1 is 1.17 bits per heavy atom. The van der Waals surface area contributed by atoms with E-state index in [1.165, 1.54) is 12.4 Å². The Morgan fingerprint density at radius 3 is 2.53 bits per heavy atom. The second kappa shape index (κ2) is 12.6. The smallest absolute Gasteiger partial charge is 0.407 e. The van der Waals surface area contributed by atoms with Crippen LogP contribution in [-0.2, 0) is 32.1 Å². The monoisotopic (exact) mass is 500 g/mol. The molecule has 0 aliphatic carbocycles. The number of amides is 3. The number of anilines is 1. The third-order valence-electron chi connectivity index (χ3n) is 5.07. The van der Waals surface area contributed by atoms with Crippen molar-refractivity contribution in [3.63, 3.8) is 0 Å². The molecule has 1 atom stereocenters. The first-order valence-electron chi connectivity index (χ1n) is 10.7. The number of carboxylic acid groups (broad SMARTS) is 1. The molecule has 192 valence electrons. The molecule has 2 rings (SSSR count). The van der Waals surface area contributed by atoms with Gasteiger partial charge in [-0.1, -0.05) is 18.2 Å². The molecule has 0 unspecified atom stereocenters. The van der Waals surface area contributed by atoms with Crippen LogP contribution < -0.4 is 27.4 Å². The van der Waals surface area contributed by atoms with Crippen LogP contribution in [0, 0.1) is 5.41 Å². The van der Waals surface area contributed by atoms with Gasteiger partial charge in [-0.25, -0.2) is 9.78 Å². The normalized spacial score (nSPS) is 12.0. The van der Waals surface area contributed by atoms with Crippen LogP contribution in [0.1, 0.15) is 29.7 Å². The van der Waals surface area contributed by atoms with E-state index >= 15 is 0 Å². The van der Waals surface area contributed by atoms with Crippen LogP contribution >= 0.6 is 0 Å². The van der Waals surface area contributed by atoms with Crippen molar-refractivity contribution in [2.45, 2.75) is 31.3 Å². The number of methoxy groups -OCH3 is 1. The minimum Gasteiger partial charge on any atom is -0.481 e. The number of rotatable bonds is 12. The Balaban J connectivity index is 2.22. The molecule has 0 fully saturated rings. The molecule has 0 saturated heterocycles. The minimum absolute atomic E-state index is 0.0321. The lowest BCUT2D eigenvalue weighted by Gasteiger charge is -2.33. The first-order valence-corrected chi connectivity index (χ1v) is 10.7. The van der Waals surface area contributed by atoms with Crippen molar-refractivity contribution in [2.24, 2.45) is 5.73 Å². The molecule has 0 saturated carbocycles. The van der Waals surface area contributed by atoms with Gasteiger partial charge in [0.15, 0.2) is 0 Å². The highest BCUT2D eigenvalue weighted by Crippen LogP contribution is 2.22. The Kier molecular flexibility index (Phi) is 9.65. The molecular weight excluding hydrogens is 472 g/mol. The van der Waals surface area contributed by atoms with Crippen LogP contribution in [0.4, 0.5) is 10.6 Å². The van der Waals surface area contributed by atoms with Crippen molar-refractivity contribution >= 4 is 35.5 Å². The average Bonchev–Trinajstić information content (AvgIpc) is 2.85. The van der Waals surface area contributed by atoms with Crippen LogP contribution in [-0.4, -0.2) is 64.0 Å². The number of aromatic nitrogens is 2. The van der Waals surface area contributed by atoms with E-state index in [2.05, 4.69) is 30.7 Å². The quantitative estimate of drug-likeness (QED) is 0.142. The van der Waals surface area contributed by atoms with Gasteiger partial charge in [-0.3, -0.25) is 24.8 Å². The number of alkyl carbamates (subject to hydrolysis) is 1. The van der Waals surface area contributed by atoms with Crippen molar-refractivity contribution < 1.29 is 29.0 Å². The van der Waals surface area contributed by atoms with Gasteiger partial charge in [-0.2, -0.15) is 0 Å². The summed E-state index contributed by atoms with van der Waals surface area (Å²) in [5.74, 6) is -2.54. The fourth-order valence-electron chi connectivity index (χ4n) is 3.25. The van der Waals surface area contributed by atoms with Crippen LogP contribution in [0.5, 0.6) is 0 Å². The summed E-state index contributed by atoms with van der Waals surface area (Å²) in [6.45, 7) is -0.434. The van der Waals surface area contributed by atoms with E-state index in [-0.39, 0.29) is 31.0 Å². The standard InChI is InChI=1S/C22H28N8O6/c1-36-21(35)30-22(6-5-18(32)33,8-13-3-2-4-14(7-13)19(24)25)20(34)29-12-17(31)28-10-15-9-27-16(23)11-26-15/h2-4,7,9,11H,5-6,8,10,12H2,1H3,(H2,23,27)(H3,24,25)(H,28,31)(H,29,34)(H,30,35)(H,32,33)/t22-/m0/s1. The summed E-state index contributed by atoms with van der Waals surface area (Å²) in [6.07, 6.45) is 0.817. The Morgan fingerprint density at radius 2 is 1.92 bits per heavy atom. The van der Waals surface area contributed by atoms with Gasteiger partial charge in [0.05, 0.1) is 38.3 Å². The molecule has 14 nitrogen and oxygen atoms in total. The summed E-state index contributed by atoms with van der Waals surface area (Å²) in [7, 11) is 1.10. The molecule has 14 heteroatoms. The number of nitrogens with zero attached hydrogens (tertiary/aromatic N) is 2. The number of hydrogen-bond donors (Lipinski definition) is 7. The first-order chi connectivity index (χ1) is 17.0. The summed E-state index contributed by atoms with van der Waals surface area (Å²) in [5.41, 5.74) is 10.5. The third kappa shape index (κ3) is 8.23. The maximum absolute atomic E-state index is 13.3. The lowest BCUT2D eigenvalue weighted by Crippen LogP contribution is -2.61. The summed E-state index contributed by atoms with van der Waals surface area (Å²) >= 11 is 0. The van der Waals surface area contributed by atoms with Gasteiger partial charge in [0, 0.05) is 18.4 Å². The van der Waals surface area contributed by atoms with E-state index in [0.29, 0.717) is 16.8 Å². The number of aliphatic carboxylic acids is 1. The number of benzene rings is 1. The zero-order chi connectivity index (χ0) is 26.7. The molecule has 0 spiro atoms. The maximum atomic E-state index is 13.3. The molecule has 0 aliphatic rings. The molecule has 1 heterocycles. The van der Waals surface area contributed by atoms with Gasteiger partial charge < -0.3 is 37.3 Å². The van der Waals surface area contributed by atoms with Crippen molar-refractivity contribution in [1.82, 2.24) is 25.9 Å². The van der Waals surface area contributed by atoms with E-state index in [0.717, 1.165) is 7.11 Å². The summed E-state index contributed by atoms with van der Waals surface area (Å²) in [5, 5.41) is 24.3. The van der Waals surface area contributed by atoms with Gasteiger partial charge in [-0.15, -0.1) is 0 Å². The number of ether oxygens (including phenoxy) is 1. The Hall–Kier alpha value is -4.75. The van der Waals surface area contributed by atoms with E-state index in [4.69, 9.17) is 16.9 Å². The number of nitrogen functional groups attached to an aromatic ring is 2. The third-order valence-corrected chi connectivity index (χ3v) is 5.07. The summed E-state index contributed by atoms with van der Waals surface area (Å²) in [4.78, 5) is 56.9. The highest BCUT2D eigenvalue weighted by atomic mass is 16.5. The predicted molar refractivity (Wildman–Crippen MR) is 128 cm³/mol. The number of carbonyl (C=O) groups is 4. The van der Waals surface area contributed by atoms with Gasteiger partial charge in [0.2, 0.25) is 11.8 Å². The zero-order valence-electron chi connectivity index (χ0n) is 19.5. The Labute approximate surface area is 206 Å². The highest BCUT2D eigenvalue weighted by Gasteiger charge is 2.41. The van der Waals surface area contributed by atoms with Crippen LogP contribution in [0.2, 0.25) is 0 Å². The number of hydrogen-bond acceptors (Lipinski definition) is 9. The number of nitrogens with one attached hydrogen (secondary N) is 4. The SMILES string of the molecule is COC(=O)N[C@@](CCC(=O)O)(Cc1cccc(C(=N)N)c1)C(=O)NCC(=O)NCc1cnc(N)cn1. The molecule has 0 aliphatic heterocycles. The van der Waals surface area contributed by atoms with E-state index in [1.54, 1.807) is 24.3 Å². The van der Waals surface area contributed by atoms with Gasteiger partial charge in [-0.05, 0) is 18.1 Å². The average molecular weight is 501 g/mol. The van der Waals surface area contributed by atoms with E-state index in [9.17, 15) is 24.3 Å². The lowest BCUT2D eigenvalue weighted by atomic mass is 9.84. The van der Waals surface area contributed by atoms with E-state index in [1.807, 2.05) is 0 Å². The van der Waals surface area contributed by atoms with Gasteiger partial charge in [0.25, 0.3) is 0 Å². The zero-order valence-corrected chi connectivity index (χ0v) is 19.5. The lowest BCUT2D eigenvalue weighted by molar-refractivity contribution is -0.138. The largest absolute Gasteiger partial charge is 0.481 e. The number of carboxylic acids is 1. The second-order valence-corrected chi connectivity index (χ2v) is 7.78. The van der Waals surface area contributed by atoms with Crippen LogP contribution in [0.15, 0.2) is 36.7 Å². The highest BCUT2D eigenvalue weighted by molar-refractivity contribution is 5.95. The van der Waals surface area contributed by atoms with Gasteiger partial charge >= 0.3 is 12.1 Å².